The maximum Gasteiger partial charge on any atom is 0.307 e. The van der Waals surface area contributed by atoms with E-state index in [-0.39, 0.29) is 12.4 Å². The molecule has 0 aliphatic rings. The highest BCUT2D eigenvalue weighted by molar-refractivity contribution is 8.01. The minimum absolute atomic E-state index is 0.0784. The normalized spacial score (nSPS) is 15.5. The number of nitrogens with one attached hydrogen (secondary N) is 1. The number of nitrogens with zero attached hydrogens (tertiary/aromatic N) is 1. The molecule has 1 N–H and O–H groups in total. The van der Waals surface area contributed by atoms with Crippen molar-refractivity contribution in [3.8, 4) is 6.07 Å². The summed E-state index contributed by atoms with van der Waals surface area (Å²) in [6.07, 6.45) is 2.49. The Bertz CT molecular complexity index is 763. The average Bonchev–Trinajstić information content (AvgIpc) is 2.60. The van der Waals surface area contributed by atoms with E-state index in [1.54, 1.807) is 17.8 Å². The molecule has 0 aromatic heterocycles. The van der Waals surface area contributed by atoms with Crippen molar-refractivity contribution in [3.05, 3.63) is 40.8 Å². The van der Waals surface area contributed by atoms with Crippen molar-refractivity contribution in [2.45, 2.75) is 50.8 Å². The monoisotopic (exact) mass is 408 g/mol. The van der Waals surface area contributed by atoms with Crippen LogP contribution in [0.25, 0.3) is 5.57 Å². The summed E-state index contributed by atoms with van der Waals surface area (Å²) in [4.78, 5) is 12.0. The molecule has 0 aliphatic heterocycles. The summed E-state index contributed by atoms with van der Waals surface area (Å²) in [6, 6.07) is 9.49. The molecule has 0 fully saturated rings. The number of thioether (sulfide) groups is 1. The molecule has 5 nitrogen and oxygen atoms in total. The molecule has 0 radical (unpaired) electrons. The van der Waals surface area contributed by atoms with Crippen LogP contribution < -0.4 is 4.72 Å². The standard InChI is InChI=1S/C20H28N2O3S2/c1-19(2,3)27(24)22-20(4,12-18(23)25-5)11-17(14-26-6)16-9-7-8-15(10-16)13-21/h7-10,14,22H,11-12H2,1-6H3/b17-14+/t20-,27?/m1/s1. The van der Waals surface area contributed by atoms with Gasteiger partial charge in [-0.1, -0.05) is 12.1 Å². The number of hydrogen-bond acceptors (Lipinski definition) is 5. The molecule has 0 heterocycles. The Kier molecular flexibility index (Phi) is 8.73. The van der Waals surface area contributed by atoms with Crippen LogP contribution in [0.5, 0.6) is 0 Å². The maximum atomic E-state index is 12.7. The number of carbonyl (C=O) groups excluding carboxylic acids is 1. The van der Waals surface area contributed by atoms with E-state index < -0.39 is 21.3 Å². The van der Waals surface area contributed by atoms with Gasteiger partial charge in [0.15, 0.2) is 0 Å². The molecule has 27 heavy (non-hydrogen) atoms. The molecule has 1 aromatic carbocycles. The Morgan fingerprint density at radius 1 is 1.33 bits per heavy atom. The lowest BCUT2D eigenvalue weighted by Crippen LogP contribution is -2.49. The number of esters is 1. The summed E-state index contributed by atoms with van der Waals surface area (Å²) in [7, 11) is -0.00631. The van der Waals surface area contributed by atoms with E-state index in [9.17, 15) is 14.3 Å². The molecule has 0 saturated heterocycles. The second-order valence-electron chi connectivity index (χ2n) is 7.54. The Labute approximate surface area is 169 Å². The van der Waals surface area contributed by atoms with Crippen LogP contribution in [0.1, 0.15) is 51.7 Å². The molecule has 1 rings (SSSR count). The van der Waals surface area contributed by atoms with Crippen molar-refractivity contribution >= 4 is 34.3 Å². The molecule has 0 bridgehead atoms. The first kappa shape index (κ1) is 23.4. The van der Waals surface area contributed by atoms with Gasteiger partial charge in [0, 0.05) is 5.54 Å². The van der Waals surface area contributed by atoms with Crippen LogP contribution in [0.2, 0.25) is 0 Å². The van der Waals surface area contributed by atoms with Gasteiger partial charge in [0.05, 0.1) is 40.9 Å². The van der Waals surface area contributed by atoms with Crippen LogP contribution in [0, 0.1) is 11.3 Å². The molecule has 0 saturated carbocycles. The number of hydrogen-bond donors (Lipinski definition) is 1. The lowest BCUT2D eigenvalue weighted by Gasteiger charge is -2.33. The van der Waals surface area contributed by atoms with Crippen molar-refractivity contribution in [1.29, 1.82) is 5.26 Å². The second-order valence-corrected chi connectivity index (χ2v) is 10.2. The first-order valence-corrected chi connectivity index (χ1v) is 11.0. The molecule has 148 valence electrons. The smallest absolute Gasteiger partial charge is 0.307 e. The van der Waals surface area contributed by atoms with Gasteiger partial charge in [-0.15, -0.1) is 11.8 Å². The van der Waals surface area contributed by atoms with Gasteiger partial charge in [-0.2, -0.15) is 5.26 Å². The highest BCUT2D eigenvalue weighted by Crippen LogP contribution is 2.31. The largest absolute Gasteiger partial charge is 0.469 e. The molecule has 0 aliphatic carbocycles. The van der Waals surface area contributed by atoms with Crippen LogP contribution in [0.15, 0.2) is 29.7 Å². The summed E-state index contributed by atoms with van der Waals surface area (Å²) >= 11 is 1.54. The molecule has 2 atom stereocenters. The van der Waals surface area contributed by atoms with E-state index in [0.717, 1.165) is 11.1 Å². The fraction of sp³-hybridized carbons (Fsp3) is 0.500. The van der Waals surface area contributed by atoms with Crippen molar-refractivity contribution in [2.75, 3.05) is 13.4 Å². The van der Waals surface area contributed by atoms with E-state index in [1.807, 2.05) is 57.6 Å². The second kappa shape index (κ2) is 10.1. The Morgan fingerprint density at radius 3 is 2.52 bits per heavy atom. The lowest BCUT2D eigenvalue weighted by atomic mass is 9.88. The average molecular weight is 409 g/mol. The third kappa shape index (κ3) is 7.49. The summed E-state index contributed by atoms with van der Waals surface area (Å²) < 4.78 is 20.2. The molecular weight excluding hydrogens is 380 g/mol. The Morgan fingerprint density at radius 2 is 2.00 bits per heavy atom. The van der Waals surface area contributed by atoms with Crippen LogP contribution in [0.3, 0.4) is 0 Å². The van der Waals surface area contributed by atoms with Gasteiger partial charge < -0.3 is 4.74 Å². The van der Waals surface area contributed by atoms with Gasteiger partial charge in [0.2, 0.25) is 0 Å². The summed E-state index contributed by atoms with van der Waals surface area (Å²) in [5, 5.41) is 11.2. The number of carbonyl (C=O) groups is 1. The molecular formula is C20H28N2O3S2. The van der Waals surface area contributed by atoms with Crippen molar-refractivity contribution in [3.63, 3.8) is 0 Å². The van der Waals surface area contributed by atoms with E-state index in [0.29, 0.717) is 12.0 Å². The molecule has 1 aromatic rings. The van der Waals surface area contributed by atoms with Gasteiger partial charge in [-0.3, -0.25) is 4.79 Å². The lowest BCUT2D eigenvalue weighted by molar-refractivity contribution is -0.141. The van der Waals surface area contributed by atoms with Gasteiger partial charge in [0.1, 0.15) is 0 Å². The first-order valence-electron chi connectivity index (χ1n) is 8.53. The highest BCUT2D eigenvalue weighted by atomic mass is 32.2. The summed E-state index contributed by atoms with van der Waals surface area (Å²) in [5.74, 6) is -0.370. The topological polar surface area (TPSA) is 79.2 Å². The third-order valence-electron chi connectivity index (χ3n) is 3.86. The Hall–Kier alpha value is -1.62. The highest BCUT2D eigenvalue weighted by Gasteiger charge is 2.34. The predicted molar refractivity (Wildman–Crippen MR) is 113 cm³/mol. The quantitative estimate of drug-likeness (QED) is 0.657. The number of methoxy groups -OCH3 is 1. The predicted octanol–water partition coefficient (Wildman–Crippen LogP) is 4.03. The fourth-order valence-corrected chi connectivity index (χ4v) is 3.87. The Balaban J connectivity index is 3.26. The number of ether oxygens (including phenoxy) is 1. The molecule has 1 unspecified atom stereocenters. The van der Waals surface area contributed by atoms with E-state index in [2.05, 4.69) is 10.8 Å². The van der Waals surface area contributed by atoms with Gasteiger partial charge in [-0.05, 0) is 69.0 Å². The van der Waals surface area contributed by atoms with E-state index in [4.69, 9.17) is 4.74 Å². The summed E-state index contributed by atoms with van der Waals surface area (Å²) in [6.45, 7) is 7.51. The van der Waals surface area contributed by atoms with Crippen LogP contribution in [-0.2, 0) is 20.5 Å². The number of nitriles is 1. The maximum absolute atomic E-state index is 12.7. The first-order chi connectivity index (χ1) is 12.5. The zero-order valence-electron chi connectivity index (χ0n) is 16.8. The SMILES string of the molecule is COC(=O)C[C@@](C)(C/C(=C\SC)c1cccc(C#N)c1)NS(=O)C(C)(C)C. The zero-order valence-corrected chi connectivity index (χ0v) is 18.4. The molecule has 0 amide bonds. The van der Waals surface area contributed by atoms with Crippen LogP contribution in [0.4, 0.5) is 0 Å². The van der Waals surface area contributed by atoms with Crippen LogP contribution in [-0.4, -0.2) is 33.8 Å². The van der Waals surface area contributed by atoms with E-state index >= 15 is 0 Å². The van der Waals surface area contributed by atoms with Crippen molar-refractivity contribution in [1.82, 2.24) is 4.72 Å². The van der Waals surface area contributed by atoms with Gasteiger partial charge in [-0.25, -0.2) is 8.93 Å². The van der Waals surface area contributed by atoms with Crippen LogP contribution >= 0.6 is 11.8 Å². The number of rotatable bonds is 8. The van der Waals surface area contributed by atoms with Crippen molar-refractivity contribution < 1.29 is 13.7 Å². The summed E-state index contributed by atoms with van der Waals surface area (Å²) in [5.41, 5.74) is 1.67. The third-order valence-corrected chi connectivity index (χ3v) is 6.17. The zero-order chi connectivity index (χ0) is 20.7. The molecule has 7 heteroatoms. The minimum Gasteiger partial charge on any atom is -0.469 e. The van der Waals surface area contributed by atoms with Gasteiger partial charge >= 0.3 is 5.97 Å². The molecule has 0 spiro atoms. The number of benzene rings is 1. The van der Waals surface area contributed by atoms with Gasteiger partial charge in [0.25, 0.3) is 0 Å². The minimum atomic E-state index is -1.35. The fourth-order valence-electron chi connectivity index (χ4n) is 2.47. The van der Waals surface area contributed by atoms with E-state index in [1.165, 1.54) is 7.11 Å². The van der Waals surface area contributed by atoms with Crippen molar-refractivity contribution in [2.24, 2.45) is 0 Å².